The van der Waals surface area contributed by atoms with Crippen molar-refractivity contribution in [3.05, 3.63) is 35.9 Å². The summed E-state index contributed by atoms with van der Waals surface area (Å²) in [5.41, 5.74) is 0.189. The topological polar surface area (TPSA) is 67.9 Å². The first kappa shape index (κ1) is 18.0. The van der Waals surface area contributed by atoms with Gasteiger partial charge in [-0.15, -0.1) is 0 Å². The van der Waals surface area contributed by atoms with Gasteiger partial charge in [-0.25, -0.2) is 14.0 Å². The predicted molar refractivity (Wildman–Crippen MR) is 86.3 cm³/mol. The number of hydrogen-bond donors (Lipinski definition) is 1. The van der Waals surface area contributed by atoms with Gasteiger partial charge in [0.05, 0.1) is 12.6 Å². The van der Waals surface area contributed by atoms with Gasteiger partial charge in [-0.3, -0.25) is 0 Å². The Morgan fingerprint density at radius 3 is 2.54 bits per heavy atom. The zero-order valence-corrected chi connectivity index (χ0v) is 14.1. The maximum absolute atomic E-state index is 14.0. The van der Waals surface area contributed by atoms with E-state index in [0.29, 0.717) is 0 Å². The van der Waals surface area contributed by atoms with Crippen LogP contribution in [-0.4, -0.2) is 48.0 Å². The zero-order chi connectivity index (χ0) is 17.7. The highest BCUT2D eigenvalue weighted by Gasteiger charge is 2.38. The summed E-state index contributed by atoms with van der Waals surface area (Å²) >= 11 is 0. The van der Waals surface area contributed by atoms with Crippen molar-refractivity contribution in [3.63, 3.8) is 0 Å². The number of nitrogens with zero attached hydrogens (tertiary/aromatic N) is 1. The Labute approximate surface area is 140 Å². The first-order valence-corrected chi connectivity index (χ1v) is 7.84. The molecule has 0 bridgehead atoms. The number of nitrogens with one attached hydrogen (secondary N) is 1. The van der Waals surface area contributed by atoms with Crippen LogP contribution in [0.3, 0.4) is 0 Å². The molecule has 132 valence electrons. The molecule has 1 aliphatic rings. The van der Waals surface area contributed by atoms with Gasteiger partial charge in [-0.05, 0) is 26.3 Å². The van der Waals surface area contributed by atoms with Gasteiger partial charge in [-0.2, -0.15) is 0 Å². The Balaban J connectivity index is 1.80. The number of carbonyl (C=O) groups excluding carboxylic acids is 2. The quantitative estimate of drug-likeness (QED) is 0.920. The molecule has 7 heteroatoms. The normalized spacial score (nSPS) is 20.6. The predicted octanol–water partition coefficient (Wildman–Crippen LogP) is 2.87. The summed E-state index contributed by atoms with van der Waals surface area (Å²) in [6.45, 7) is 5.26. The number of alkyl carbamates (subject to hydrolysis) is 1. The van der Waals surface area contributed by atoms with E-state index in [-0.39, 0.29) is 19.7 Å². The number of alkyl halides is 1. The third-order valence-electron chi connectivity index (χ3n) is 3.42. The van der Waals surface area contributed by atoms with Crippen LogP contribution in [0.25, 0.3) is 0 Å². The second-order valence-electron chi connectivity index (χ2n) is 6.71. The fourth-order valence-corrected chi connectivity index (χ4v) is 2.29. The van der Waals surface area contributed by atoms with Gasteiger partial charge in [0.15, 0.2) is 0 Å². The third-order valence-corrected chi connectivity index (χ3v) is 3.42. The fourth-order valence-electron chi connectivity index (χ4n) is 2.29. The lowest BCUT2D eigenvalue weighted by atomic mass is 10.2. The summed E-state index contributed by atoms with van der Waals surface area (Å²) in [5, 5.41) is 2.46. The zero-order valence-electron chi connectivity index (χ0n) is 14.1. The molecule has 1 heterocycles. The number of ether oxygens (including phenoxy) is 2. The van der Waals surface area contributed by atoms with Gasteiger partial charge in [-0.1, -0.05) is 30.3 Å². The minimum absolute atomic E-state index is 0.0521. The van der Waals surface area contributed by atoms with Crippen LogP contribution >= 0.6 is 0 Å². The first-order chi connectivity index (χ1) is 11.2. The molecule has 1 aliphatic heterocycles. The van der Waals surface area contributed by atoms with Crippen LogP contribution in [0.5, 0.6) is 0 Å². The van der Waals surface area contributed by atoms with Crippen LogP contribution < -0.4 is 5.32 Å². The summed E-state index contributed by atoms with van der Waals surface area (Å²) in [5.74, 6) is 0. The first-order valence-electron chi connectivity index (χ1n) is 7.84. The van der Waals surface area contributed by atoms with E-state index in [0.717, 1.165) is 5.56 Å². The number of amides is 2. The monoisotopic (exact) mass is 338 g/mol. The van der Waals surface area contributed by atoms with Gasteiger partial charge < -0.3 is 19.7 Å². The van der Waals surface area contributed by atoms with Crippen molar-refractivity contribution < 1.29 is 23.5 Å². The van der Waals surface area contributed by atoms with Gasteiger partial charge >= 0.3 is 12.2 Å². The second kappa shape index (κ2) is 7.51. The van der Waals surface area contributed by atoms with E-state index in [9.17, 15) is 14.0 Å². The molecule has 2 atom stereocenters. The van der Waals surface area contributed by atoms with Gasteiger partial charge in [0.2, 0.25) is 0 Å². The van der Waals surface area contributed by atoms with Crippen LogP contribution in [0, 0.1) is 0 Å². The molecule has 0 saturated carbocycles. The Bertz CT molecular complexity index is 574. The summed E-state index contributed by atoms with van der Waals surface area (Å²) in [7, 11) is 0. The van der Waals surface area contributed by atoms with Crippen molar-refractivity contribution in [1.29, 1.82) is 0 Å². The van der Waals surface area contributed by atoms with E-state index in [2.05, 4.69) is 5.32 Å². The molecule has 1 saturated heterocycles. The number of benzene rings is 1. The largest absolute Gasteiger partial charge is 0.445 e. The minimum Gasteiger partial charge on any atom is -0.445 e. The third kappa shape index (κ3) is 5.40. The van der Waals surface area contributed by atoms with Crippen molar-refractivity contribution in [3.8, 4) is 0 Å². The van der Waals surface area contributed by atoms with Gasteiger partial charge in [0, 0.05) is 6.54 Å². The average molecular weight is 338 g/mol. The molecule has 0 radical (unpaired) electrons. The lowest BCUT2D eigenvalue weighted by Gasteiger charge is -2.24. The van der Waals surface area contributed by atoms with Crippen molar-refractivity contribution in [2.45, 2.75) is 45.2 Å². The SMILES string of the molecule is CC(C)(C)OC(=O)N1CC(F)[C@@H](NC(=O)OCc2ccccc2)C1. The van der Waals surface area contributed by atoms with E-state index in [1.165, 1.54) is 4.90 Å². The van der Waals surface area contributed by atoms with Crippen molar-refractivity contribution >= 4 is 12.2 Å². The molecule has 6 nitrogen and oxygen atoms in total. The lowest BCUT2D eigenvalue weighted by Crippen LogP contribution is -2.42. The highest BCUT2D eigenvalue weighted by atomic mass is 19.1. The molecule has 1 aromatic carbocycles. The molecule has 1 unspecified atom stereocenters. The highest BCUT2D eigenvalue weighted by molar-refractivity contribution is 5.70. The minimum atomic E-state index is -1.36. The van der Waals surface area contributed by atoms with E-state index in [4.69, 9.17) is 9.47 Å². The summed E-state index contributed by atoms with van der Waals surface area (Å²) in [6.07, 6.45) is -2.66. The van der Waals surface area contributed by atoms with E-state index >= 15 is 0 Å². The molecular formula is C17H23FN2O4. The fraction of sp³-hybridized carbons (Fsp3) is 0.529. The molecule has 0 aromatic heterocycles. The van der Waals surface area contributed by atoms with Gasteiger partial charge in [0.1, 0.15) is 18.4 Å². The number of rotatable bonds is 3. The van der Waals surface area contributed by atoms with E-state index in [1.807, 2.05) is 30.3 Å². The van der Waals surface area contributed by atoms with Crippen LogP contribution in [0.2, 0.25) is 0 Å². The maximum Gasteiger partial charge on any atom is 0.410 e. The average Bonchev–Trinajstić information content (AvgIpc) is 2.86. The molecule has 0 aliphatic carbocycles. The van der Waals surface area contributed by atoms with E-state index < -0.39 is 30.0 Å². The van der Waals surface area contributed by atoms with Crippen molar-refractivity contribution in [2.75, 3.05) is 13.1 Å². The Kier molecular flexibility index (Phi) is 5.64. The van der Waals surface area contributed by atoms with Crippen LogP contribution in [0.15, 0.2) is 30.3 Å². The summed E-state index contributed by atoms with van der Waals surface area (Å²) < 4.78 is 24.3. The second-order valence-corrected chi connectivity index (χ2v) is 6.71. The number of likely N-dealkylation sites (tertiary alicyclic amines) is 1. The number of hydrogen-bond acceptors (Lipinski definition) is 4. The summed E-state index contributed by atoms with van der Waals surface area (Å²) in [6, 6.07) is 8.38. The number of halogens is 1. The van der Waals surface area contributed by atoms with Crippen LogP contribution in [0.1, 0.15) is 26.3 Å². The molecular weight excluding hydrogens is 315 g/mol. The summed E-state index contributed by atoms with van der Waals surface area (Å²) in [4.78, 5) is 25.0. The molecule has 24 heavy (non-hydrogen) atoms. The highest BCUT2D eigenvalue weighted by Crippen LogP contribution is 2.18. The smallest absolute Gasteiger partial charge is 0.410 e. The number of carbonyl (C=O) groups is 2. The Morgan fingerprint density at radius 1 is 1.25 bits per heavy atom. The van der Waals surface area contributed by atoms with E-state index in [1.54, 1.807) is 20.8 Å². The molecule has 2 amide bonds. The maximum atomic E-state index is 14.0. The molecule has 0 spiro atoms. The van der Waals surface area contributed by atoms with Gasteiger partial charge in [0.25, 0.3) is 0 Å². The standard InChI is InChI=1S/C17H23FN2O4/c1-17(2,3)24-16(22)20-9-13(18)14(10-20)19-15(21)23-11-12-7-5-4-6-8-12/h4-8,13-14H,9-11H2,1-3H3,(H,19,21)/t13?,14-/m0/s1. The molecule has 1 N–H and O–H groups in total. The Hall–Kier alpha value is -2.31. The van der Waals surface area contributed by atoms with Crippen molar-refractivity contribution in [1.82, 2.24) is 10.2 Å². The molecule has 2 rings (SSSR count). The van der Waals surface area contributed by atoms with Crippen molar-refractivity contribution in [2.24, 2.45) is 0 Å². The Morgan fingerprint density at radius 2 is 1.92 bits per heavy atom. The molecule has 1 fully saturated rings. The lowest BCUT2D eigenvalue weighted by molar-refractivity contribution is 0.0281. The molecule has 1 aromatic rings. The van der Waals surface area contributed by atoms with Crippen LogP contribution in [0.4, 0.5) is 14.0 Å². The van der Waals surface area contributed by atoms with Crippen LogP contribution in [-0.2, 0) is 16.1 Å².